The van der Waals surface area contributed by atoms with E-state index in [0.717, 1.165) is 23.9 Å². The van der Waals surface area contributed by atoms with Gasteiger partial charge in [0.2, 0.25) is 0 Å². The molecule has 0 amide bonds. The lowest BCUT2D eigenvalue weighted by atomic mass is 9.74. The second-order valence-electron chi connectivity index (χ2n) is 6.81. The Morgan fingerprint density at radius 1 is 1.33 bits per heavy atom. The van der Waals surface area contributed by atoms with E-state index in [4.69, 9.17) is 4.74 Å². The van der Waals surface area contributed by atoms with Crippen LogP contribution in [0.5, 0.6) is 11.5 Å². The minimum absolute atomic E-state index is 0.312. The second kappa shape index (κ2) is 7.17. The quantitative estimate of drug-likeness (QED) is 0.863. The lowest BCUT2D eigenvalue weighted by Crippen LogP contribution is -2.42. The van der Waals surface area contributed by atoms with E-state index in [1.54, 1.807) is 13.2 Å². The van der Waals surface area contributed by atoms with Crippen molar-refractivity contribution in [3.63, 3.8) is 0 Å². The van der Waals surface area contributed by atoms with Crippen LogP contribution in [-0.4, -0.2) is 18.3 Å². The summed E-state index contributed by atoms with van der Waals surface area (Å²) < 4.78 is 5.13. The molecule has 1 saturated carbocycles. The monoisotopic (exact) mass is 291 g/mol. The summed E-state index contributed by atoms with van der Waals surface area (Å²) >= 11 is 0. The van der Waals surface area contributed by atoms with Crippen molar-refractivity contribution in [2.24, 2.45) is 17.8 Å². The summed E-state index contributed by atoms with van der Waals surface area (Å²) in [6, 6.07) is 6.08. The molecule has 2 N–H and O–H groups in total. The highest BCUT2D eigenvalue weighted by Crippen LogP contribution is 2.34. The predicted octanol–water partition coefficient (Wildman–Crippen LogP) is 3.95. The van der Waals surface area contributed by atoms with E-state index in [2.05, 4.69) is 26.1 Å². The largest absolute Gasteiger partial charge is 0.507 e. The Morgan fingerprint density at radius 3 is 2.71 bits per heavy atom. The first-order chi connectivity index (χ1) is 10.0. The minimum Gasteiger partial charge on any atom is -0.507 e. The molecule has 0 aromatic heterocycles. The highest BCUT2D eigenvalue weighted by Gasteiger charge is 2.30. The molecule has 1 aliphatic carbocycles. The van der Waals surface area contributed by atoms with Gasteiger partial charge in [0.25, 0.3) is 0 Å². The van der Waals surface area contributed by atoms with Crippen molar-refractivity contribution < 1.29 is 9.84 Å². The molecule has 118 valence electrons. The SMILES string of the molecule is COc1ccc(CNC2CC(C)CCC2C(C)C)c(O)c1. The van der Waals surface area contributed by atoms with E-state index in [1.165, 1.54) is 19.3 Å². The zero-order valence-corrected chi connectivity index (χ0v) is 13.7. The smallest absolute Gasteiger partial charge is 0.123 e. The maximum absolute atomic E-state index is 10.1. The van der Waals surface area contributed by atoms with Gasteiger partial charge < -0.3 is 15.2 Å². The molecule has 0 spiro atoms. The summed E-state index contributed by atoms with van der Waals surface area (Å²) in [6.07, 6.45) is 3.89. The third-order valence-corrected chi connectivity index (χ3v) is 4.87. The van der Waals surface area contributed by atoms with Crippen LogP contribution in [0.15, 0.2) is 18.2 Å². The Labute approximate surface area is 128 Å². The number of benzene rings is 1. The van der Waals surface area contributed by atoms with Gasteiger partial charge in [0.05, 0.1) is 7.11 Å². The summed E-state index contributed by atoms with van der Waals surface area (Å²) in [7, 11) is 1.61. The number of hydrogen-bond donors (Lipinski definition) is 2. The molecule has 3 heteroatoms. The molecule has 0 saturated heterocycles. The molecule has 1 aromatic carbocycles. The molecule has 1 fully saturated rings. The minimum atomic E-state index is 0.312. The zero-order valence-electron chi connectivity index (χ0n) is 13.7. The molecule has 1 aliphatic rings. The fraction of sp³-hybridized carbons (Fsp3) is 0.667. The fourth-order valence-corrected chi connectivity index (χ4v) is 3.50. The predicted molar refractivity (Wildman–Crippen MR) is 86.6 cm³/mol. The fourth-order valence-electron chi connectivity index (χ4n) is 3.50. The molecule has 0 radical (unpaired) electrons. The van der Waals surface area contributed by atoms with Crippen molar-refractivity contribution in [2.45, 2.75) is 52.6 Å². The number of phenols is 1. The Kier molecular flexibility index (Phi) is 5.51. The third-order valence-electron chi connectivity index (χ3n) is 4.87. The molecule has 0 bridgehead atoms. The van der Waals surface area contributed by atoms with E-state index < -0.39 is 0 Å². The summed E-state index contributed by atoms with van der Waals surface area (Å²) in [5.41, 5.74) is 0.941. The number of ether oxygens (including phenoxy) is 1. The number of hydrogen-bond acceptors (Lipinski definition) is 3. The van der Waals surface area contributed by atoms with Gasteiger partial charge in [0, 0.05) is 24.2 Å². The van der Waals surface area contributed by atoms with E-state index >= 15 is 0 Å². The van der Waals surface area contributed by atoms with Gasteiger partial charge in [-0.25, -0.2) is 0 Å². The molecule has 21 heavy (non-hydrogen) atoms. The zero-order chi connectivity index (χ0) is 15.4. The maximum Gasteiger partial charge on any atom is 0.123 e. The van der Waals surface area contributed by atoms with Crippen molar-refractivity contribution in [1.82, 2.24) is 5.32 Å². The number of aromatic hydroxyl groups is 1. The number of phenolic OH excluding ortho intramolecular Hbond substituents is 1. The van der Waals surface area contributed by atoms with Crippen LogP contribution >= 0.6 is 0 Å². The van der Waals surface area contributed by atoms with Crippen molar-refractivity contribution >= 4 is 0 Å². The number of methoxy groups -OCH3 is 1. The Balaban J connectivity index is 2.00. The van der Waals surface area contributed by atoms with Crippen LogP contribution in [0.3, 0.4) is 0 Å². The Hall–Kier alpha value is -1.22. The summed E-state index contributed by atoms with van der Waals surface area (Å²) in [5, 5.41) is 13.7. The Morgan fingerprint density at radius 2 is 2.10 bits per heavy atom. The molecular weight excluding hydrogens is 262 g/mol. The van der Waals surface area contributed by atoms with Crippen LogP contribution in [0.25, 0.3) is 0 Å². The van der Waals surface area contributed by atoms with Gasteiger partial charge in [0.15, 0.2) is 0 Å². The molecule has 2 rings (SSSR count). The van der Waals surface area contributed by atoms with E-state index in [0.29, 0.717) is 23.5 Å². The summed E-state index contributed by atoms with van der Waals surface area (Å²) in [6.45, 7) is 7.70. The van der Waals surface area contributed by atoms with Crippen LogP contribution in [-0.2, 0) is 6.54 Å². The van der Waals surface area contributed by atoms with Crippen molar-refractivity contribution in [3.8, 4) is 11.5 Å². The highest BCUT2D eigenvalue weighted by atomic mass is 16.5. The lowest BCUT2D eigenvalue weighted by Gasteiger charge is -2.38. The Bertz CT molecular complexity index is 459. The molecular formula is C18H29NO2. The number of nitrogens with one attached hydrogen (secondary N) is 1. The van der Waals surface area contributed by atoms with Crippen LogP contribution in [0.2, 0.25) is 0 Å². The van der Waals surface area contributed by atoms with Gasteiger partial charge in [0.1, 0.15) is 11.5 Å². The first-order valence-corrected chi connectivity index (χ1v) is 8.10. The van der Waals surface area contributed by atoms with E-state index in [9.17, 15) is 5.11 Å². The highest BCUT2D eigenvalue weighted by molar-refractivity contribution is 5.39. The molecule has 0 heterocycles. The maximum atomic E-state index is 10.1. The first kappa shape index (κ1) is 16.2. The molecule has 3 nitrogen and oxygen atoms in total. The molecule has 1 aromatic rings. The lowest BCUT2D eigenvalue weighted by molar-refractivity contribution is 0.169. The second-order valence-corrected chi connectivity index (χ2v) is 6.81. The topological polar surface area (TPSA) is 41.5 Å². The van der Waals surface area contributed by atoms with Crippen LogP contribution in [0.4, 0.5) is 0 Å². The van der Waals surface area contributed by atoms with Crippen molar-refractivity contribution in [3.05, 3.63) is 23.8 Å². The van der Waals surface area contributed by atoms with Crippen LogP contribution in [0, 0.1) is 17.8 Å². The van der Waals surface area contributed by atoms with E-state index in [1.807, 2.05) is 12.1 Å². The van der Waals surface area contributed by atoms with Crippen LogP contribution < -0.4 is 10.1 Å². The average molecular weight is 291 g/mol. The van der Waals surface area contributed by atoms with Gasteiger partial charge in [-0.15, -0.1) is 0 Å². The standard InChI is InChI=1S/C18H29NO2/c1-12(2)16-8-5-13(3)9-17(16)19-11-14-6-7-15(21-4)10-18(14)20/h6-7,10,12-13,16-17,19-20H,5,8-9,11H2,1-4H3. The molecule has 0 aliphatic heterocycles. The first-order valence-electron chi connectivity index (χ1n) is 8.10. The van der Waals surface area contributed by atoms with Gasteiger partial charge >= 0.3 is 0 Å². The number of rotatable bonds is 5. The summed E-state index contributed by atoms with van der Waals surface area (Å²) in [4.78, 5) is 0. The summed E-state index contributed by atoms with van der Waals surface area (Å²) in [5.74, 6) is 3.25. The average Bonchev–Trinajstić information content (AvgIpc) is 2.45. The van der Waals surface area contributed by atoms with Gasteiger partial charge in [-0.3, -0.25) is 0 Å². The third kappa shape index (κ3) is 4.13. The van der Waals surface area contributed by atoms with E-state index in [-0.39, 0.29) is 0 Å². The van der Waals surface area contributed by atoms with Gasteiger partial charge in [-0.2, -0.15) is 0 Å². The normalized spacial score (nSPS) is 26.0. The van der Waals surface area contributed by atoms with Gasteiger partial charge in [-0.1, -0.05) is 33.3 Å². The van der Waals surface area contributed by atoms with Crippen LogP contribution in [0.1, 0.15) is 45.6 Å². The van der Waals surface area contributed by atoms with Crippen molar-refractivity contribution in [2.75, 3.05) is 7.11 Å². The van der Waals surface area contributed by atoms with Crippen molar-refractivity contribution in [1.29, 1.82) is 0 Å². The molecule has 3 atom stereocenters. The molecule has 3 unspecified atom stereocenters. The van der Waals surface area contributed by atoms with Gasteiger partial charge in [-0.05, 0) is 36.7 Å².